The van der Waals surface area contributed by atoms with Gasteiger partial charge < -0.3 is 20.5 Å². The van der Waals surface area contributed by atoms with Crippen molar-refractivity contribution in [2.24, 2.45) is 0 Å². The van der Waals surface area contributed by atoms with E-state index in [0.717, 1.165) is 42.3 Å². The maximum Gasteiger partial charge on any atom is 0.416 e. The van der Waals surface area contributed by atoms with Crippen LogP contribution in [0.4, 0.5) is 24.8 Å². The summed E-state index contributed by atoms with van der Waals surface area (Å²) in [6.45, 7) is 4.51. The van der Waals surface area contributed by atoms with Gasteiger partial charge in [-0.05, 0) is 69.2 Å². The number of piperidine rings is 1. The van der Waals surface area contributed by atoms with Crippen molar-refractivity contribution in [3.05, 3.63) is 88.7 Å². The van der Waals surface area contributed by atoms with Gasteiger partial charge in [0.25, 0.3) is 11.8 Å². The molecule has 44 heavy (non-hydrogen) atoms. The molecule has 1 fully saturated rings. The lowest BCUT2D eigenvalue weighted by Gasteiger charge is -2.32. The number of benzene rings is 1. The van der Waals surface area contributed by atoms with E-state index in [2.05, 4.69) is 20.4 Å². The molecule has 1 atom stereocenters. The highest BCUT2D eigenvalue weighted by atomic mass is 19.4. The third kappa shape index (κ3) is 5.34. The molecule has 3 N–H and O–H groups in total. The van der Waals surface area contributed by atoms with E-state index >= 15 is 0 Å². The minimum Gasteiger partial charge on any atom is -0.382 e. The number of carbonyl (C=O) groups is 2. The summed E-state index contributed by atoms with van der Waals surface area (Å²) in [5, 5.41) is 12.0. The molecule has 1 aliphatic heterocycles. The zero-order chi connectivity index (χ0) is 31.2. The molecule has 1 unspecified atom stereocenters. The lowest BCUT2D eigenvalue weighted by atomic mass is 9.92. The number of nitrogens with one attached hydrogen (secondary N) is 1. The highest BCUT2D eigenvalue weighted by Gasteiger charge is 2.32. The summed E-state index contributed by atoms with van der Waals surface area (Å²) in [5.41, 5.74) is 8.57. The van der Waals surface area contributed by atoms with E-state index in [1.807, 2.05) is 6.07 Å². The number of rotatable bonds is 5. The summed E-state index contributed by atoms with van der Waals surface area (Å²) in [6, 6.07) is 9.81. The number of likely N-dealkylation sites (tertiary alicyclic amines) is 1. The summed E-state index contributed by atoms with van der Waals surface area (Å²) >= 11 is 0. The van der Waals surface area contributed by atoms with Gasteiger partial charge in [0.1, 0.15) is 28.5 Å². The predicted molar refractivity (Wildman–Crippen MR) is 154 cm³/mol. The van der Waals surface area contributed by atoms with Crippen LogP contribution in [0.2, 0.25) is 0 Å². The molecule has 1 aliphatic rings. The SMILES string of the molecule is Cc1noc(C)c1C(=O)N1CCCC(c2nn(-c3ccc(C(=O)Nc4cc(C(F)(F)F)ccn4)cc3)c3c(N)nccc23)C1. The number of fused-ring (bicyclic) bond motifs is 1. The van der Waals surface area contributed by atoms with Crippen molar-refractivity contribution in [3.63, 3.8) is 0 Å². The van der Waals surface area contributed by atoms with Crippen molar-refractivity contribution in [3.8, 4) is 5.69 Å². The molecule has 0 bridgehead atoms. The van der Waals surface area contributed by atoms with Crippen molar-refractivity contribution in [2.45, 2.75) is 38.8 Å². The number of pyridine rings is 2. The zero-order valence-electron chi connectivity index (χ0n) is 23.7. The number of alkyl halides is 3. The molecule has 0 spiro atoms. The Kier molecular flexibility index (Phi) is 7.27. The topological polar surface area (TPSA) is 145 Å². The maximum absolute atomic E-state index is 13.4. The normalized spacial score (nSPS) is 15.5. The van der Waals surface area contributed by atoms with Crippen LogP contribution in [0.3, 0.4) is 0 Å². The quantitative estimate of drug-likeness (QED) is 0.275. The molecule has 14 heteroatoms. The van der Waals surface area contributed by atoms with Crippen LogP contribution < -0.4 is 11.1 Å². The predicted octanol–water partition coefficient (Wildman–Crippen LogP) is 5.29. The fraction of sp³-hybridized carbons (Fsp3) is 0.267. The molecule has 0 radical (unpaired) electrons. The van der Waals surface area contributed by atoms with E-state index in [9.17, 15) is 22.8 Å². The summed E-state index contributed by atoms with van der Waals surface area (Å²) in [5.74, 6) is -0.316. The van der Waals surface area contributed by atoms with Crippen LogP contribution >= 0.6 is 0 Å². The first-order valence-electron chi connectivity index (χ1n) is 13.8. The lowest BCUT2D eigenvalue weighted by Crippen LogP contribution is -2.39. The second-order valence-corrected chi connectivity index (χ2v) is 10.6. The van der Waals surface area contributed by atoms with Gasteiger partial charge in [0.15, 0.2) is 0 Å². The number of anilines is 2. The number of aryl methyl sites for hydroxylation is 2. The molecule has 1 saturated heterocycles. The molecule has 5 aromatic rings. The van der Waals surface area contributed by atoms with Crippen LogP contribution in [-0.4, -0.2) is 54.7 Å². The van der Waals surface area contributed by atoms with Crippen molar-refractivity contribution in [1.82, 2.24) is 29.8 Å². The molecule has 5 heterocycles. The first-order chi connectivity index (χ1) is 21.0. The van der Waals surface area contributed by atoms with E-state index in [1.54, 1.807) is 41.8 Å². The average molecular weight is 605 g/mol. The van der Waals surface area contributed by atoms with Crippen LogP contribution in [0.15, 0.2) is 59.4 Å². The minimum absolute atomic E-state index is 0.0799. The van der Waals surface area contributed by atoms with Crippen molar-refractivity contribution in [2.75, 3.05) is 24.1 Å². The smallest absolute Gasteiger partial charge is 0.382 e. The van der Waals surface area contributed by atoms with E-state index in [1.165, 1.54) is 12.1 Å². The van der Waals surface area contributed by atoms with E-state index in [4.69, 9.17) is 15.4 Å². The summed E-state index contributed by atoms with van der Waals surface area (Å²) in [7, 11) is 0. The average Bonchev–Trinajstić information content (AvgIpc) is 3.57. The Morgan fingerprint density at radius 3 is 2.52 bits per heavy atom. The monoisotopic (exact) mass is 604 g/mol. The van der Waals surface area contributed by atoms with Gasteiger partial charge >= 0.3 is 6.18 Å². The van der Waals surface area contributed by atoms with Gasteiger partial charge in [-0.25, -0.2) is 14.6 Å². The first kappa shape index (κ1) is 28.8. The molecule has 4 aromatic heterocycles. The molecule has 226 valence electrons. The van der Waals surface area contributed by atoms with Gasteiger partial charge in [0.2, 0.25) is 0 Å². The Balaban J connectivity index is 1.27. The van der Waals surface area contributed by atoms with E-state index < -0.39 is 17.6 Å². The first-order valence-corrected chi connectivity index (χ1v) is 13.8. The number of hydrogen-bond acceptors (Lipinski definition) is 8. The number of nitrogen functional groups attached to an aromatic ring is 1. The zero-order valence-corrected chi connectivity index (χ0v) is 23.7. The number of nitrogens with two attached hydrogens (primary N) is 1. The molecule has 0 aliphatic carbocycles. The second-order valence-electron chi connectivity index (χ2n) is 10.6. The minimum atomic E-state index is -4.56. The van der Waals surface area contributed by atoms with Crippen LogP contribution in [0.5, 0.6) is 0 Å². The number of nitrogens with zero attached hydrogens (tertiary/aromatic N) is 6. The third-order valence-corrected chi connectivity index (χ3v) is 7.69. The maximum atomic E-state index is 13.4. The highest BCUT2D eigenvalue weighted by Crippen LogP contribution is 2.35. The fourth-order valence-corrected chi connectivity index (χ4v) is 5.55. The van der Waals surface area contributed by atoms with E-state index in [-0.39, 0.29) is 29.0 Å². The molecular formula is C30H27F3N8O3. The van der Waals surface area contributed by atoms with Crippen LogP contribution in [0, 0.1) is 13.8 Å². The van der Waals surface area contributed by atoms with Gasteiger partial charge in [-0.3, -0.25) is 9.59 Å². The van der Waals surface area contributed by atoms with Crippen LogP contribution in [-0.2, 0) is 6.18 Å². The molecule has 1 aromatic carbocycles. The lowest BCUT2D eigenvalue weighted by molar-refractivity contribution is -0.137. The number of carbonyl (C=O) groups excluding carboxylic acids is 2. The summed E-state index contributed by atoms with van der Waals surface area (Å²) in [6.07, 6.45) is -0.384. The molecule has 0 saturated carbocycles. The number of hydrogen-bond donors (Lipinski definition) is 2. The van der Waals surface area contributed by atoms with Gasteiger partial charge in [-0.15, -0.1) is 0 Å². The third-order valence-electron chi connectivity index (χ3n) is 7.69. The summed E-state index contributed by atoms with van der Waals surface area (Å²) in [4.78, 5) is 36.0. The largest absolute Gasteiger partial charge is 0.416 e. The van der Waals surface area contributed by atoms with Crippen LogP contribution in [0.1, 0.15) is 62.2 Å². The Bertz CT molecular complexity index is 1860. The van der Waals surface area contributed by atoms with Gasteiger partial charge in [0, 0.05) is 42.4 Å². The Morgan fingerprint density at radius 2 is 1.82 bits per heavy atom. The summed E-state index contributed by atoms with van der Waals surface area (Å²) < 4.78 is 46.0. The van der Waals surface area contributed by atoms with Gasteiger partial charge in [-0.1, -0.05) is 5.16 Å². The standard InChI is InChI=1S/C30H27F3N8O3/c1-16-24(17(2)44-39-16)29(43)40-13-3-4-19(15-40)25-22-10-12-36-27(34)26(22)41(38-25)21-7-5-18(6-8-21)28(42)37-23-14-20(9-11-35-23)30(31,32)33/h5-12,14,19H,3-4,13,15H2,1-2H3,(H2,34,36)(H,35,37,42). The van der Waals surface area contributed by atoms with Gasteiger partial charge in [-0.2, -0.15) is 18.3 Å². The molecule has 2 amide bonds. The Morgan fingerprint density at radius 1 is 1.07 bits per heavy atom. The second kappa shape index (κ2) is 11.1. The van der Waals surface area contributed by atoms with Crippen molar-refractivity contribution in [1.29, 1.82) is 0 Å². The number of amides is 2. The van der Waals surface area contributed by atoms with Crippen LogP contribution in [0.25, 0.3) is 16.6 Å². The van der Waals surface area contributed by atoms with Crippen molar-refractivity contribution < 1.29 is 27.3 Å². The molecular weight excluding hydrogens is 577 g/mol. The Labute approximate surface area is 248 Å². The number of halogens is 3. The number of aromatic nitrogens is 5. The fourth-order valence-electron chi connectivity index (χ4n) is 5.55. The molecule has 11 nitrogen and oxygen atoms in total. The van der Waals surface area contributed by atoms with Gasteiger partial charge in [0.05, 0.1) is 22.6 Å². The highest BCUT2D eigenvalue weighted by molar-refractivity contribution is 6.04. The van der Waals surface area contributed by atoms with Crippen molar-refractivity contribution >= 4 is 34.4 Å². The van der Waals surface area contributed by atoms with E-state index in [0.29, 0.717) is 41.3 Å². The molecule has 6 rings (SSSR count). The Hall–Kier alpha value is -5.27.